The fraction of sp³-hybridized carbons (Fsp3) is 0.562. The van der Waals surface area contributed by atoms with Crippen LogP contribution in [0, 0.1) is 5.92 Å². The first-order valence-electron chi connectivity index (χ1n) is 8.18. The molecule has 4 rings (SSSR count). The van der Waals surface area contributed by atoms with Gasteiger partial charge in [-0.05, 0) is 38.0 Å². The molecule has 0 saturated heterocycles. The molecule has 1 unspecified atom stereocenters. The Morgan fingerprint density at radius 3 is 2.87 bits per heavy atom. The van der Waals surface area contributed by atoms with Crippen molar-refractivity contribution in [3.8, 4) is 0 Å². The Bertz CT molecular complexity index is 721. The van der Waals surface area contributed by atoms with Crippen molar-refractivity contribution < 1.29 is 5.11 Å². The van der Waals surface area contributed by atoms with Gasteiger partial charge in [0, 0.05) is 24.4 Å². The SMILES string of the molecule is Cn1cc(C(Nc2nc(N)nc3c2CCC3)C2CC(O)C2)cn1. The molecule has 0 amide bonds. The molecule has 2 aromatic rings. The fourth-order valence-electron chi connectivity index (χ4n) is 3.69. The molecule has 7 nitrogen and oxygen atoms in total. The molecular weight excluding hydrogens is 292 g/mol. The van der Waals surface area contributed by atoms with Gasteiger partial charge in [0.05, 0.1) is 24.0 Å². The summed E-state index contributed by atoms with van der Waals surface area (Å²) in [5.74, 6) is 1.55. The van der Waals surface area contributed by atoms with Crippen LogP contribution >= 0.6 is 0 Å². The summed E-state index contributed by atoms with van der Waals surface area (Å²) in [6.45, 7) is 0. The van der Waals surface area contributed by atoms with Crippen molar-refractivity contribution in [1.82, 2.24) is 19.7 Å². The molecular formula is C16H22N6O. The maximum absolute atomic E-state index is 9.69. The Kier molecular flexibility index (Phi) is 3.45. The van der Waals surface area contributed by atoms with Gasteiger partial charge in [-0.25, -0.2) is 4.98 Å². The minimum atomic E-state index is -0.192. The average molecular weight is 314 g/mol. The lowest BCUT2D eigenvalue weighted by atomic mass is 9.75. The molecule has 0 bridgehead atoms. The highest BCUT2D eigenvalue weighted by molar-refractivity contribution is 5.53. The summed E-state index contributed by atoms with van der Waals surface area (Å²) in [5.41, 5.74) is 9.25. The average Bonchev–Trinajstić information content (AvgIpc) is 3.10. The number of hydrogen-bond acceptors (Lipinski definition) is 6. The van der Waals surface area contributed by atoms with Gasteiger partial charge in [0.25, 0.3) is 0 Å². The van der Waals surface area contributed by atoms with Gasteiger partial charge >= 0.3 is 0 Å². The molecule has 0 aromatic carbocycles. The van der Waals surface area contributed by atoms with E-state index >= 15 is 0 Å². The van der Waals surface area contributed by atoms with E-state index in [0.717, 1.165) is 49.2 Å². The van der Waals surface area contributed by atoms with Crippen molar-refractivity contribution in [3.63, 3.8) is 0 Å². The molecule has 122 valence electrons. The first kappa shape index (κ1) is 14.4. The van der Waals surface area contributed by atoms with Gasteiger partial charge < -0.3 is 16.2 Å². The summed E-state index contributed by atoms with van der Waals surface area (Å²) in [6.07, 6.45) is 8.37. The Hall–Kier alpha value is -2.15. The monoisotopic (exact) mass is 314 g/mol. The van der Waals surface area contributed by atoms with Gasteiger partial charge in [-0.3, -0.25) is 4.68 Å². The van der Waals surface area contributed by atoms with Gasteiger partial charge in [-0.1, -0.05) is 0 Å². The standard InChI is InChI=1S/C16H22N6O/c1-22-8-10(7-18-22)14(9-5-11(23)6-9)20-15-12-3-2-4-13(12)19-16(17)21-15/h7-9,11,14,23H,2-6H2,1H3,(H3,17,19,20,21). The van der Waals surface area contributed by atoms with Crippen LogP contribution in [0.15, 0.2) is 12.4 Å². The zero-order chi connectivity index (χ0) is 16.0. The van der Waals surface area contributed by atoms with Crippen LogP contribution in [-0.2, 0) is 19.9 Å². The molecule has 23 heavy (non-hydrogen) atoms. The number of aromatic nitrogens is 4. The van der Waals surface area contributed by atoms with E-state index in [2.05, 4.69) is 20.4 Å². The number of hydrogen-bond donors (Lipinski definition) is 3. The number of aliphatic hydroxyl groups excluding tert-OH is 1. The lowest BCUT2D eigenvalue weighted by Crippen LogP contribution is -2.36. The molecule has 2 aliphatic carbocycles. The minimum Gasteiger partial charge on any atom is -0.393 e. The molecule has 2 aromatic heterocycles. The second-order valence-electron chi connectivity index (χ2n) is 6.66. The smallest absolute Gasteiger partial charge is 0.222 e. The third kappa shape index (κ3) is 2.65. The van der Waals surface area contributed by atoms with E-state index in [9.17, 15) is 5.11 Å². The second-order valence-corrected chi connectivity index (χ2v) is 6.66. The molecule has 0 spiro atoms. The van der Waals surface area contributed by atoms with Gasteiger partial charge in [0.2, 0.25) is 5.95 Å². The Morgan fingerprint density at radius 2 is 2.17 bits per heavy atom. The number of rotatable bonds is 4. The highest BCUT2D eigenvalue weighted by Crippen LogP contribution is 2.41. The number of anilines is 2. The van der Waals surface area contributed by atoms with Gasteiger partial charge in [0.15, 0.2) is 0 Å². The molecule has 4 N–H and O–H groups in total. The maximum atomic E-state index is 9.69. The van der Waals surface area contributed by atoms with E-state index < -0.39 is 0 Å². The Morgan fingerprint density at radius 1 is 1.35 bits per heavy atom. The van der Waals surface area contributed by atoms with Crippen LogP contribution in [0.4, 0.5) is 11.8 Å². The summed E-state index contributed by atoms with van der Waals surface area (Å²) in [7, 11) is 1.91. The summed E-state index contributed by atoms with van der Waals surface area (Å²) >= 11 is 0. The van der Waals surface area contributed by atoms with Gasteiger partial charge in [0.1, 0.15) is 5.82 Å². The summed E-state index contributed by atoms with van der Waals surface area (Å²) in [4.78, 5) is 8.80. The van der Waals surface area contributed by atoms with Crippen molar-refractivity contribution >= 4 is 11.8 Å². The van der Waals surface area contributed by atoms with Crippen LogP contribution in [0.5, 0.6) is 0 Å². The van der Waals surface area contributed by atoms with Crippen LogP contribution in [0.3, 0.4) is 0 Å². The van der Waals surface area contributed by atoms with Crippen LogP contribution in [0.1, 0.15) is 42.1 Å². The predicted molar refractivity (Wildman–Crippen MR) is 86.8 cm³/mol. The number of nitrogens with one attached hydrogen (secondary N) is 1. The fourth-order valence-corrected chi connectivity index (χ4v) is 3.69. The summed E-state index contributed by atoms with van der Waals surface area (Å²) in [5, 5.41) is 17.6. The number of nitrogen functional groups attached to an aromatic ring is 1. The van der Waals surface area contributed by atoms with Crippen LogP contribution in [0.2, 0.25) is 0 Å². The van der Waals surface area contributed by atoms with Crippen molar-refractivity contribution in [2.75, 3.05) is 11.1 Å². The quantitative estimate of drug-likeness (QED) is 0.784. The van der Waals surface area contributed by atoms with E-state index in [4.69, 9.17) is 5.73 Å². The normalized spacial score (nSPS) is 24.1. The first-order chi connectivity index (χ1) is 11.1. The highest BCUT2D eigenvalue weighted by atomic mass is 16.3. The second kappa shape index (κ2) is 5.49. The predicted octanol–water partition coefficient (Wildman–Crippen LogP) is 1.21. The van der Waals surface area contributed by atoms with Gasteiger partial charge in [-0.2, -0.15) is 10.1 Å². The van der Waals surface area contributed by atoms with E-state index in [-0.39, 0.29) is 12.1 Å². The Labute approximate surface area is 134 Å². The number of nitrogens with two attached hydrogens (primary N) is 1. The number of nitrogens with zero attached hydrogens (tertiary/aromatic N) is 4. The molecule has 1 fully saturated rings. The van der Waals surface area contributed by atoms with E-state index in [1.165, 1.54) is 5.56 Å². The van der Waals surface area contributed by atoms with Crippen LogP contribution in [-0.4, -0.2) is 31.0 Å². The molecule has 2 heterocycles. The summed E-state index contributed by atoms with van der Waals surface area (Å²) < 4.78 is 1.80. The number of fused-ring (bicyclic) bond motifs is 1. The zero-order valence-corrected chi connectivity index (χ0v) is 13.2. The lowest BCUT2D eigenvalue weighted by molar-refractivity contribution is 0.0339. The van der Waals surface area contributed by atoms with Crippen molar-refractivity contribution in [1.29, 1.82) is 0 Å². The van der Waals surface area contributed by atoms with Crippen LogP contribution < -0.4 is 11.1 Å². The lowest BCUT2D eigenvalue weighted by Gasteiger charge is -2.38. The molecule has 1 saturated carbocycles. The highest BCUT2D eigenvalue weighted by Gasteiger charge is 2.36. The zero-order valence-electron chi connectivity index (χ0n) is 13.2. The molecule has 1 atom stereocenters. The van der Waals surface area contributed by atoms with Crippen LogP contribution in [0.25, 0.3) is 0 Å². The molecule has 7 heteroatoms. The van der Waals surface area contributed by atoms with E-state index in [0.29, 0.717) is 11.9 Å². The summed E-state index contributed by atoms with van der Waals surface area (Å²) in [6, 6.07) is 0.0890. The number of aryl methyl sites for hydroxylation is 2. The van der Waals surface area contributed by atoms with Crippen molar-refractivity contribution in [2.45, 2.75) is 44.2 Å². The molecule has 0 radical (unpaired) electrons. The van der Waals surface area contributed by atoms with E-state index in [1.807, 2.05) is 19.4 Å². The van der Waals surface area contributed by atoms with E-state index in [1.54, 1.807) is 4.68 Å². The molecule has 2 aliphatic rings. The molecule has 0 aliphatic heterocycles. The van der Waals surface area contributed by atoms with Gasteiger partial charge in [-0.15, -0.1) is 0 Å². The first-order valence-corrected chi connectivity index (χ1v) is 8.18. The van der Waals surface area contributed by atoms with Crippen molar-refractivity contribution in [3.05, 3.63) is 29.2 Å². The Balaban J connectivity index is 1.66. The topological polar surface area (TPSA) is 102 Å². The van der Waals surface area contributed by atoms with Crippen molar-refractivity contribution in [2.24, 2.45) is 13.0 Å². The minimum absolute atomic E-state index is 0.0890. The number of aliphatic hydroxyl groups is 1. The third-order valence-corrected chi connectivity index (χ3v) is 4.95. The largest absolute Gasteiger partial charge is 0.393 e. The third-order valence-electron chi connectivity index (χ3n) is 4.95. The maximum Gasteiger partial charge on any atom is 0.222 e.